The highest BCUT2D eigenvalue weighted by molar-refractivity contribution is 14.0. The van der Waals surface area contributed by atoms with Crippen LogP contribution in [-0.4, -0.2) is 50.1 Å². The molecule has 6 nitrogen and oxygen atoms in total. The Balaban J connectivity index is 0.00000625. The van der Waals surface area contributed by atoms with Crippen molar-refractivity contribution in [3.8, 4) is 0 Å². The van der Waals surface area contributed by atoms with Gasteiger partial charge in [0.2, 0.25) is 5.91 Å². The fourth-order valence-corrected chi connectivity index (χ4v) is 2.44. The third kappa shape index (κ3) is 9.38. The normalized spacial score (nSPS) is 10.8. The van der Waals surface area contributed by atoms with Crippen molar-refractivity contribution in [1.29, 1.82) is 0 Å². The number of rotatable bonds is 10. The molecule has 0 unspecified atom stereocenters. The molecule has 0 spiro atoms. The van der Waals surface area contributed by atoms with Crippen molar-refractivity contribution >= 4 is 35.8 Å². The van der Waals surface area contributed by atoms with Crippen LogP contribution in [0.15, 0.2) is 29.3 Å². The van der Waals surface area contributed by atoms with Crippen LogP contribution < -0.4 is 10.6 Å². The van der Waals surface area contributed by atoms with Gasteiger partial charge in [0.25, 0.3) is 0 Å². The van der Waals surface area contributed by atoms with Crippen molar-refractivity contribution in [3.63, 3.8) is 0 Å². The minimum atomic E-state index is 0. The predicted octanol–water partition coefficient (Wildman–Crippen LogP) is 2.76. The Bertz CT molecular complexity index is 531. The van der Waals surface area contributed by atoms with E-state index in [-0.39, 0.29) is 29.9 Å². The van der Waals surface area contributed by atoms with Crippen LogP contribution in [0, 0.1) is 0 Å². The number of ether oxygens (including phenoxy) is 1. The summed E-state index contributed by atoms with van der Waals surface area (Å²) in [4.78, 5) is 18.4. The monoisotopic (exact) mass is 476 g/mol. The van der Waals surface area contributed by atoms with Crippen molar-refractivity contribution in [2.24, 2.45) is 4.99 Å². The zero-order valence-corrected chi connectivity index (χ0v) is 18.7. The number of halogens is 1. The molecule has 0 aliphatic heterocycles. The summed E-state index contributed by atoms with van der Waals surface area (Å²) in [5.41, 5.74) is 2.28. The first kappa shape index (κ1) is 24.7. The molecule has 0 aliphatic rings. The lowest BCUT2D eigenvalue weighted by Crippen LogP contribution is -2.40. The molecule has 0 heterocycles. The molecule has 1 rings (SSSR count). The first-order valence-electron chi connectivity index (χ1n) is 9.01. The lowest BCUT2D eigenvalue weighted by Gasteiger charge is -2.19. The molecule has 0 bridgehead atoms. The summed E-state index contributed by atoms with van der Waals surface area (Å²) in [6, 6.07) is 8.23. The van der Waals surface area contributed by atoms with Crippen molar-refractivity contribution < 1.29 is 9.53 Å². The summed E-state index contributed by atoms with van der Waals surface area (Å²) < 4.78 is 5.12. The first-order valence-corrected chi connectivity index (χ1v) is 9.01. The van der Waals surface area contributed by atoms with Gasteiger partial charge in [0.15, 0.2) is 5.96 Å². The zero-order chi connectivity index (χ0) is 18.5. The third-order valence-electron chi connectivity index (χ3n) is 3.85. The second-order valence-electron chi connectivity index (χ2n) is 5.69. The second kappa shape index (κ2) is 14.8. The van der Waals surface area contributed by atoms with Gasteiger partial charge >= 0.3 is 0 Å². The predicted molar refractivity (Wildman–Crippen MR) is 118 cm³/mol. The van der Waals surface area contributed by atoms with E-state index in [9.17, 15) is 4.79 Å². The van der Waals surface area contributed by atoms with Crippen LogP contribution in [0.5, 0.6) is 0 Å². The maximum Gasteiger partial charge on any atom is 0.224 e. The van der Waals surface area contributed by atoms with E-state index in [0.29, 0.717) is 26.1 Å². The van der Waals surface area contributed by atoms with Gasteiger partial charge in [-0.25, -0.2) is 4.99 Å². The second-order valence-corrected chi connectivity index (χ2v) is 5.69. The molecule has 1 aromatic carbocycles. The maximum atomic E-state index is 12.0. The molecule has 26 heavy (non-hydrogen) atoms. The number of aliphatic imine (C=N–C) groups is 1. The van der Waals surface area contributed by atoms with Gasteiger partial charge in [-0.2, -0.15) is 0 Å². The molecule has 0 aliphatic carbocycles. The van der Waals surface area contributed by atoms with Gasteiger partial charge in [-0.3, -0.25) is 4.79 Å². The number of carbonyl (C=O) groups excluding carboxylic acids is 1. The van der Waals surface area contributed by atoms with Gasteiger partial charge in [0, 0.05) is 39.7 Å². The van der Waals surface area contributed by atoms with E-state index in [1.165, 1.54) is 0 Å². The van der Waals surface area contributed by atoms with Gasteiger partial charge < -0.3 is 20.3 Å². The molecule has 2 N–H and O–H groups in total. The Kier molecular flexibility index (Phi) is 14.0. The number of guanidine groups is 1. The lowest BCUT2D eigenvalue weighted by molar-refractivity contribution is -0.130. The van der Waals surface area contributed by atoms with Crippen LogP contribution in [0.1, 0.15) is 38.3 Å². The lowest BCUT2D eigenvalue weighted by atomic mass is 10.1. The van der Waals surface area contributed by atoms with Gasteiger partial charge in [-0.1, -0.05) is 24.3 Å². The smallest absolute Gasteiger partial charge is 0.224 e. The highest BCUT2D eigenvalue weighted by atomic mass is 127. The average Bonchev–Trinajstić information content (AvgIpc) is 2.62. The molecule has 0 fully saturated rings. The van der Waals surface area contributed by atoms with E-state index in [1.807, 2.05) is 25.7 Å². The van der Waals surface area contributed by atoms with Crippen molar-refractivity contribution in [1.82, 2.24) is 15.5 Å². The molecule has 0 atom stereocenters. The van der Waals surface area contributed by atoms with E-state index >= 15 is 0 Å². The number of nitrogens with zero attached hydrogens (tertiary/aromatic N) is 2. The summed E-state index contributed by atoms with van der Waals surface area (Å²) in [7, 11) is 1.69. The maximum absolute atomic E-state index is 12.0. The topological polar surface area (TPSA) is 66.0 Å². The summed E-state index contributed by atoms with van der Waals surface area (Å²) in [5.74, 6) is 0.901. The molecule has 7 heteroatoms. The van der Waals surface area contributed by atoms with E-state index in [1.54, 1.807) is 7.11 Å². The van der Waals surface area contributed by atoms with Crippen LogP contribution in [0.2, 0.25) is 0 Å². The van der Waals surface area contributed by atoms with E-state index in [0.717, 1.165) is 36.7 Å². The Morgan fingerprint density at radius 1 is 1.08 bits per heavy atom. The Hall–Kier alpha value is -1.35. The largest absolute Gasteiger partial charge is 0.380 e. The third-order valence-corrected chi connectivity index (χ3v) is 3.85. The molecule has 0 aromatic heterocycles. The highest BCUT2D eigenvalue weighted by Gasteiger charge is 2.09. The van der Waals surface area contributed by atoms with E-state index in [4.69, 9.17) is 4.74 Å². The number of amides is 1. The summed E-state index contributed by atoms with van der Waals surface area (Å²) in [6.07, 6.45) is 0.470. The summed E-state index contributed by atoms with van der Waals surface area (Å²) in [6.45, 7) is 10.1. The summed E-state index contributed by atoms with van der Waals surface area (Å²) in [5, 5.41) is 6.44. The minimum absolute atomic E-state index is 0. The van der Waals surface area contributed by atoms with Crippen LogP contribution in [0.3, 0.4) is 0 Å². The van der Waals surface area contributed by atoms with Crippen molar-refractivity contribution in [2.75, 3.05) is 33.3 Å². The van der Waals surface area contributed by atoms with Crippen LogP contribution in [0.25, 0.3) is 0 Å². The average molecular weight is 476 g/mol. The molecule has 0 saturated heterocycles. The fourth-order valence-electron chi connectivity index (χ4n) is 2.44. The zero-order valence-electron chi connectivity index (χ0n) is 16.4. The quantitative estimate of drug-likeness (QED) is 0.310. The first-order chi connectivity index (χ1) is 12.1. The number of benzene rings is 1. The van der Waals surface area contributed by atoms with Gasteiger partial charge in [0.1, 0.15) is 0 Å². The number of hydrogen-bond acceptors (Lipinski definition) is 3. The van der Waals surface area contributed by atoms with Gasteiger partial charge in [-0.15, -0.1) is 24.0 Å². The number of nitrogens with one attached hydrogen (secondary N) is 2. The molecule has 1 amide bonds. The van der Waals surface area contributed by atoms with Crippen molar-refractivity contribution in [2.45, 2.75) is 40.3 Å². The molecular weight excluding hydrogens is 443 g/mol. The number of carbonyl (C=O) groups is 1. The molecule has 0 saturated carbocycles. The highest BCUT2D eigenvalue weighted by Crippen LogP contribution is 2.06. The van der Waals surface area contributed by atoms with Crippen LogP contribution >= 0.6 is 24.0 Å². The molecular formula is C19H33IN4O2. The molecule has 1 aromatic rings. The number of methoxy groups -OCH3 is 1. The van der Waals surface area contributed by atoms with Crippen molar-refractivity contribution in [3.05, 3.63) is 35.4 Å². The standard InChI is InChI=1S/C19H32N4O2.HI/c1-5-20-19(21-13-12-18(24)23(6-2)7-3)22-14-16-8-10-17(11-9-16)15-25-4;/h8-11H,5-7,12-15H2,1-4H3,(H2,20,21,22);1H. The molecule has 148 valence electrons. The minimum Gasteiger partial charge on any atom is -0.380 e. The Morgan fingerprint density at radius 3 is 2.23 bits per heavy atom. The van der Waals surface area contributed by atoms with Crippen LogP contribution in [0.4, 0.5) is 0 Å². The van der Waals surface area contributed by atoms with E-state index < -0.39 is 0 Å². The van der Waals surface area contributed by atoms with Gasteiger partial charge in [0.05, 0.1) is 13.2 Å². The van der Waals surface area contributed by atoms with Gasteiger partial charge in [-0.05, 0) is 31.9 Å². The summed E-state index contributed by atoms with van der Waals surface area (Å²) >= 11 is 0. The number of hydrogen-bond donors (Lipinski definition) is 2. The fraction of sp³-hybridized carbons (Fsp3) is 0.579. The Labute approximate surface area is 174 Å². The Morgan fingerprint density at radius 2 is 1.69 bits per heavy atom. The SMILES string of the molecule is CCNC(=NCc1ccc(COC)cc1)NCCC(=O)N(CC)CC.I. The van der Waals surface area contributed by atoms with Crippen LogP contribution in [-0.2, 0) is 22.7 Å². The van der Waals surface area contributed by atoms with E-state index in [2.05, 4.69) is 39.9 Å². The molecule has 0 radical (unpaired) electrons.